The number of nitrogens with zero attached hydrogens (tertiary/aromatic N) is 2. The van der Waals surface area contributed by atoms with Gasteiger partial charge in [0.05, 0.1) is 0 Å². The first-order chi connectivity index (χ1) is 12.0. The molecule has 0 fully saturated rings. The number of hydrogen-bond donors (Lipinski definition) is 2. The van der Waals surface area contributed by atoms with E-state index in [1.165, 1.54) is 5.56 Å². The second-order valence-electron chi connectivity index (χ2n) is 6.08. The Hall–Kier alpha value is -2.59. The summed E-state index contributed by atoms with van der Waals surface area (Å²) in [5.74, 6) is 1.35. The van der Waals surface area contributed by atoms with Crippen LogP contribution in [0.1, 0.15) is 29.8 Å². The molecular formula is C20H21ClN4. The molecule has 5 heteroatoms. The Morgan fingerprint density at radius 1 is 0.960 bits per heavy atom. The number of halogens is 1. The van der Waals surface area contributed by atoms with E-state index in [0.717, 1.165) is 22.8 Å². The van der Waals surface area contributed by atoms with E-state index in [0.29, 0.717) is 11.0 Å². The van der Waals surface area contributed by atoms with E-state index in [4.69, 9.17) is 11.6 Å². The number of aromatic nitrogens is 2. The van der Waals surface area contributed by atoms with Gasteiger partial charge in [-0.05, 0) is 50.1 Å². The molecule has 0 saturated carbocycles. The molecule has 0 aliphatic carbocycles. The van der Waals surface area contributed by atoms with Gasteiger partial charge < -0.3 is 10.6 Å². The molecule has 1 atom stereocenters. The normalized spacial score (nSPS) is 11.8. The molecular weight excluding hydrogens is 332 g/mol. The van der Waals surface area contributed by atoms with Crippen LogP contribution in [0, 0.1) is 13.8 Å². The van der Waals surface area contributed by atoms with Crippen LogP contribution in [0.3, 0.4) is 0 Å². The lowest BCUT2D eigenvalue weighted by Crippen LogP contribution is -2.10. The molecule has 2 aromatic carbocycles. The van der Waals surface area contributed by atoms with Gasteiger partial charge in [0.15, 0.2) is 0 Å². The molecule has 4 nitrogen and oxygen atoms in total. The zero-order chi connectivity index (χ0) is 17.8. The number of aryl methyl sites for hydroxylation is 2. The monoisotopic (exact) mass is 352 g/mol. The van der Waals surface area contributed by atoms with E-state index < -0.39 is 0 Å². The predicted molar refractivity (Wildman–Crippen MR) is 105 cm³/mol. The fourth-order valence-electron chi connectivity index (χ4n) is 2.63. The van der Waals surface area contributed by atoms with Crippen molar-refractivity contribution in [2.45, 2.75) is 26.8 Å². The molecule has 0 aliphatic rings. The number of rotatable bonds is 5. The SMILES string of the molecule is Cc1cc(NC(C)c2ccccc2)nc(Nc2ccc(Cl)cc2C)n1. The largest absolute Gasteiger partial charge is 0.363 e. The molecule has 0 amide bonds. The molecule has 0 spiro atoms. The second-order valence-corrected chi connectivity index (χ2v) is 6.52. The van der Waals surface area contributed by atoms with E-state index in [1.54, 1.807) is 0 Å². The summed E-state index contributed by atoms with van der Waals surface area (Å²) in [7, 11) is 0. The summed E-state index contributed by atoms with van der Waals surface area (Å²) in [4.78, 5) is 9.07. The molecule has 1 unspecified atom stereocenters. The summed E-state index contributed by atoms with van der Waals surface area (Å²) in [5.41, 5.74) is 4.09. The van der Waals surface area contributed by atoms with Gasteiger partial charge in [0, 0.05) is 28.5 Å². The zero-order valence-electron chi connectivity index (χ0n) is 14.5. The van der Waals surface area contributed by atoms with Gasteiger partial charge >= 0.3 is 0 Å². The topological polar surface area (TPSA) is 49.8 Å². The summed E-state index contributed by atoms with van der Waals surface area (Å²) in [6.45, 7) is 6.07. The van der Waals surface area contributed by atoms with Crippen molar-refractivity contribution in [2.75, 3.05) is 10.6 Å². The van der Waals surface area contributed by atoms with Crippen LogP contribution in [0.2, 0.25) is 5.02 Å². The van der Waals surface area contributed by atoms with Gasteiger partial charge in [-0.2, -0.15) is 4.98 Å². The standard InChI is InChI=1S/C20H21ClN4/c1-13-11-17(21)9-10-18(13)24-20-22-14(2)12-19(25-20)23-15(3)16-7-5-4-6-8-16/h4-12,15H,1-3H3,(H2,22,23,24,25). The van der Waals surface area contributed by atoms with Crippen LogP contribution in [0.5, 0.6) is 0 Å². The first kappa shape index (κ1) is 17.2. The Kier molecular flexibility index (Phi) is 5.19. The predicted octanol–water partition coefficient (Wildman–Crippen LogP) is 5.66. The Morgan fingerprint density at radius 2 is 1.72 bits per heavy atom. The van der Waals surface area contributed by atoms with Crippen molar-refractivity contribution in [3.63, 3.8) is 0 Å². The highest BCUT2D eigenvalue weighted by molar-refractivity contribution is 6.30. The van der Waals surface area contributed by atoms with Gasteiger partial charge in [0.25, 0.3) is 0 Å². The third-order valence-electron chi connectivity index (χ3n) is 3.95. The number of anilines is 3. The number of nitrogens with one attached hydrogen (secondary N) is 2. The first-order valence-corrected chi connectivity index (χ1v) is 8.59. The van der Waals surface area contributed by atoms with Gasteiger partial charge in [-0.15, -0.1) is 0 Å². The van der Waals surface area contributed by atoms with Gasteiger partial charge in [0.1, 0.15) is 5.82 Å². The summed E-state index contributed by atoms with van der Waals surface area (Å²) in [5, 5.41) is 7.42. The molecule has 128 valence electrons. The molecule has 0 saturated heterocycles. The molecule has 0 bridgehead atoms. The molecule has 0 radical (unpaired) electrons. The first-order valence-electron chi connectivity index (χ1n) is 8.21. The Labute approximate surface area is 153 Å². The highest BCUT2D eigenvalue weighted by Crippen LogP contribution is 2.24. The van der Waals surface area contributed by atoms with E-state index in [2.05, 4.69) is 39.7 Å². The molecule has 3 aromatic rings. The average molecular weight is 353 g/mol. The lowest BCUT2D eigenvalue weighted by molar-refractivity contribution is 0.871. The maximum absolute atomic E-state index is 6.02. The van der Waals surface area contributed by atoms with Gasteiger partial charge in [-0.25, -0.2) is 4.98 Å². The zero-order valence-corrected chi connectivity index (χ0v) is 15.3. The van der Waals surface area contributed by atoms with Crippen molar-refractivity contribution < 1.29 is 0 Å². The lowest BCUT2D eigenvalue weighted by Gasteiger charge is -2.16. The van der Waals surface area contributed by atoms with E-state index in [-0.39, 0.29) is 6.04 Å². The fraction of sp³-hybridized carbons (Fsp3) is 0.200. The minimum Gasteiger partial charge on any atom is -0.363 e. The van der Waals surface area contributed by atoms with Crippen LogP contribution in [0.15, 0.2) is 54.6 Å². The molecule has 3 rings (SSSR count). The van der Waals surface area contributed by atoms with Crippen molar-refractivity contribution in [1.29, 1.82) is 0 Å². The van der Waals surface area contributed by atoms with Crippen molar-refractivity contribution in [1.82, 2.24) is 9.97 Å². The van der Waals surface area contributed by atoms with E-state index in [1.807, 2.05) is 56.3 Å². The molecule has 25 heavy (non-hydrogen) atoms. The van der Waals surface area contributed by atoms with Crippen LogP contribution < -0.4 is 10.6 Å². The van der Waals surface area contributed by atoms with Crippen molar-refractivity contribution >= 4 is 29.1 Å². The van der Waals surface area contributed by atoms with Crippen LogP contribution >= 0.6 is 11.6 Å². The third-order valence-corrected chi connectivity index (χ3v) is 4.19. The smallest absolute Gasteiger partial charge is 0.229 e. The Bertz CT molecular complexity index is 865. The molecule has 2 N–H and O–H groups in total. The van der Waals surface area contributed by atoms with Crippen molar-refractivity contribution in [2.24, 2.45) is 0 Å². The summed E-state index contributed by atoms with van der Waals surface area (Å²) in [6, 6.07) is 18.1. The van der Waals surface area contributed by atoms with Gasteiger partial charge in [-0.1, -0.05) is 41.9 Å². The van der Waals surface area contributed by atoms with Gasteiger partial charge in [-0.3, -0.25) is 0 Å². The van der Waals surface area contributed by atoms with E-state index >= 15 is 0 Å². The third kappa shape index (κ3) is 4.48. The maximum Gasteiger partial charge on any atom is 0.229 e. The van der Waals surface area contributed by atoms with Crippen molar-refractivity contribution in [3.8, 4) is 0 Å². The molecule has 1 heterocycles. The number of benzene rings is 2. The van der Waals surface area contributed by atoms with Crippen molar-refractivity contribution in [3.05, 3.63) is 76.4 Å². The summed E-state index contributed by atoms with van der Waals surface area (Å²) >= 11 is 6.02. The highest BCUT2D eigenvalue weighted by atomic mass is 35.5. The highest BCUT2D eigenvalue weighted by Gasteiger charge is 2.09. The maximum atomic E-state index is 6.02. The average Bonchev–Trinajstić information content (AvgIpc) is 2.58. The van der Waals surface area contributed by atoms with Crippen LogP contribution in [-0.4, -0.2) is 9.97 Å². The van der Waals surface area contributed by atoms with E-state index in [9.17, 15) is 0 Å². The van der Waals surface area contributed by atoms with Gasteiger partial charge in [0.2, 0.25) is 5.95 Å². The molecule has 0 aliphatic heterocycles. The fourth-order valence-corrected chi connectivity index (χ4v) is 2.86. The number of hydrogen-bond acceptors (Lipinski definition) is 4. The Balaban J connectivity index is 1.80. The van der Waals surface area contributed by atoms with Crippen LogP contribution in [0.4, 0.5) is 17.5 Å². The van der Waals surface area contributed by atoms with Crippen LogP contribution in [0.25, 0.3) is 0 Å². The lowest BCUT2D eigenvalue weighted by atomic mass is 10.1. The minimum atomic E-state index is 0.153. The Morgan fingerprint density at radius 3 is 2.44 bits per heavy atom. The quantitative estimate of drug-likeness (QED) is 0.621. The molecule has 1 aromatic heterocycles. The second kappa shape index (κ2) is 7.53. The van der Waals surface area contributed by atoms with Crippen LogP contribution in [-0.2, 0) is 0 Å². The minimum absolute atomic E-state index is 0.153. The summed E-state index contributed by atoms with van der Waals surface area (Å²) < 4.78 is 0. The summed E-state index contributed by atoms with van der Waals surface area (Å²) in [6.07, 6.45) is 0.